The molecule has 1 atom stereocenters. The van der Waals surface area contributed by atoms with Crippen molar-refractivity contribution in [2.24, 2.45) is 17.6 Å². The fraction of sp³-hybridized carbons (Fsp3) is 0.812. The number of nitrogens with one attached hydrogen (secondary N) is 1. The number of nitrogens with zero attached hydrogens (tertiary/aromatic N) is 2. The zero-order valence-electron chi connectivity index (χ0n) is 14.7. The summed E-state index contributed by atoms with van der Waals surface area (Å²) in [7, 11) is 0. The Morgan fingerprint density at radius 2 is 1.61 bits per heavy atom. The van der Waals surface area contributed by atoms with Gasteiger partial charge in [-0.15, -0.1) is 0 Å². The van der Waals surface area contributed by atoms with E-state index in [0.29, 0.717) is 32.6 Å². The fourth-order valence-corrected chi connectivity index (χ4v) is 2.66. The van der Waals surface area contributed by atoms with Crippen molar-refractivity contribution in [3.05, 3.63) is 0 Å². The smallest absolute Gasteiger partial charge is 0.245 e. The minimum Gasteiger partial charge on any atom is -0.369 e. The van der Waals surface area contributed by atoms with Crippen molar-refractivity contribution in [3.8, 4) is 0 Å². The number of nitrogens with two attached hydrogens (primary N) is 1. The van der Waals surface area contributed by atoms with E-state index in [1.54, 1.807) is 4.90 Å². The molecule has 1 fully saturated rings. The highest BCUT2D eigenvalue weighted by molar-refractivity contribution is 5.88. The van der Waals surface area contributed by atoms with Gasteiger partial charge in [0.1, 0.15) is 6.04 Å². The van der Waals surface area contributed by atoms with E-state index in [0.717, 1.165) is 0 Å². The molecule has 132 valence electrons. The monoisotopic (exact) mass is 326 g/mol. The summed E-state index contributed by atoms with van der Waals surface area (Å²) in [5.41, 5.74) is 5.19. The zero-order chi connectivity index (χ0) is 17.6. The van der Waals surface area contributed by atoms with Crippen molar-refractivity contribution in [3.63, 3.8) is 0 Å². The van der Waals surface area contributed by atoms with Crippen molar-refractivity contribution in [2.45, 2.75) is 40.2 Å². The molecule has 1 unspecified atom stereocenters. The van der Waals surface area contributed by atoms with Crippen molar-refractivity contribution < 1.29 is 14.4 Å². The SMILES string of the molecule is CC(C)CC(=O)NC(C(=O)N1CCN(CC(N)=O)CC1)C(C)C. The van der Waals surface area contributed by atoms with Gasteiger partial charge in [0.05, 0.1) is 6.54 Å². The predicted octanol–water partition coefficient (Wildman–Crippen LogP) is -0.197. The highest BCUT2D eigenvalue weighted by Gasteiger charge is 2.30. The molecule has 0 saturated carbocycles. The van der Waals surface area contributed by atoms with Gasteiger partial charge in [0, 0.05) is 32.6 Å². The summed E-state index contributed by atoms with van der Waals surface area (Å²) < 4.78 is 0. The molecule has 23 heavy (non-hydrogen) atoms. The maximum atomic E-state index is 12.7. The van der Waals surface area contributed by atoms with Gasteiger partial charge in [-0.2, -0.15) is 0 Å². The summed E-state index contributed by atoms with van der Waals surface area (Å²) in [5, 5.41) is 2.87. The lowest BCUT2D eigenvalue weighted by Crippen LogP contribution is -2.57. The van der Waals surface area contributed by atoms with Crippen molar-refractivity contribution >= 4 is 17.7 Å². The maximum absolute atomic E-state index is 12.7. The Labute approximate surface area is 138 Å². The molecule has 3 amide bonds. The summed E-state index contributed by atoms with van der Waals surface area (Å²) in [4.78, 5) is 39.3. The van der Waals surface area contributed by atoms with E-state index in [2.05, 4.69) is 5.32 Å². The number of hydrogen-bond donors (Lipinski definition) is 2. The second-order valence-electron chi connectivity index (χ2n) is 6.95. The molecule has 0 aromatic rings. The largest absolute Gasteiger partial charge is 0.369 e. The Bertz CT molecular complexity index is 429. The van der Waals surface area contributed by atoms with Gasteiger partial charge in [-0.3, -0.25) is 19.3 Å². The number of hydrogen-bond acceptors (Lipinski definition) is 4. The summed E-state index contributed by atoms with van der Waals surface area (Å²) >= 11 is 0. The summed E-state index contributed by atoms with van der Waals surface area (Å²) in [5.74, 6) is -0.196. The summed E-state index contributed by atoms with van der Waals surface area (Å²) in [6, 6.07) is -0.496. The van der Waals surface area contributed by atoms with Crippen LogP contribution in [-0.4, -0.2) is 66.3 Å². The lowest BCUT2D eigenvalue weighted by molar-refractivity contribution is -0.139. The minimum atomic E-state index is -0.496. The van der Waals surface area contributed by atoms with Gasteiger partial charge in [0.25, 0.3) is 0 Å². The zero-order valence-corrected chi connectivity index (χ0v) is 14.7. The molecule has 1 saturated heterocycles. The van der Waals surface area contributed by atoms with Gasteiger partial charge < -0.3 is 16.0 Å². The average Bonchev–Trinajstić information content (AvgIpc) is 2.43. The first-order valence-electron chi connectivity index (χ1n) is 8.29. The summed E-state index contributed by atoms with van der Waals surface area (Å²) in [6.45, 7) is 10.4. The molecule has 1 rings (SSSR count). The molecule has 1 aliphatic heterocycles. The van der Waals surface area contributed by atoms with Gasteiger partial charge in [-0.25, -0.2) is 0 Å². The minimum absolute atomic E-state index is 0.0299. The maximum Gasteiger partial charge on any atom is 0.245 e. The van der Waals surface area contributed by atoms with E-state index in [1.807, 2.05) is 32.6 Å². The quantitative estimate of drug-likeness (QED) is 0.677. The van der Waals surface area contributed by atoms with E-state index in [-0.39, 0.29) is 36.1 Å². The number of amides is 3. The Morgan fingerprint density at radius 3 is 2.04 bits per heavy atom. The molecule has 3 N–H and O–H groups in total. The standard InChI is InChI=1S/C16H30N4O3/c1-11(2)9-14(22)18-15(12(3)4)16(23)20-7-5-19(6-8-20)10-13(17)21/h11-12,15H,5-10H2,1-4H3,(H2,17,21)(H,18,22). The Hall–Kier alpha value is -1.63. The van der Waals surface area contributed by atoms with Crippen LogP contribution in [-0.2, 0) is 14.4 Å². The molecule has 1 aliphatic rings. The lowest BCUT2D eigenvalue weighted by atomic mass is 10.0. The van der Waals surface area contributed by atoms with Crippen LogP contribution in [0.5, 0.6) is 0 Å². The molecule has 0 aromatic heterocycles. The van der Waals surface area contributed by atoms with Gasteiger partial charge in [0.2, 0.25) is 17.7 Å². The second kappa shape index (κ2) is 8.86. The third-order valence-corrected chi connectivity index (χ3v) is 3.91. The van der Waals surface area contributed by atoms with E-state index in [1.165, 1.54) is 0 Å². The molecular formula is C16H30N4O3. The first-order chi connectivity index (χ1) is 10.7. The van der Waals surface area contributed by atoms with Crippen LogP contribution in [0.2, 0.25) is 0 Å². The van der Waals surface area contributed by atoms with Crippen LogP contribution >= 0.6 is 0 Å². The molecule has 1 heterocycles. The molecule has 0 spiro atoms. The van der Waals surface area contributed by atoms with Crippen LogP contribution in [0.3, 0.4) is 0 Å². The van der Waals surface area contributed by atoms with Crippen LogP contribution in [0.15, 0.2) is 0 Å². The normalized spacial score (nSPS) is 17.4. The number of piperazine rings is 1. The number of rotatable bonds is 7. The summed E-state index contributed by atoms with van der Waals surface area (Å²) in [6.07, 6.45) is 0.420. The van der Waals surface area contributed by atoms with Gasteiger partial charge in [-0.05, 0) is 11.8 Å². The van der Waals surface area contributed by atoms with Crippen molar-refractivity contribution in [2.75, 3.05) is 32.7 Å². The highest BCUT2D eigenvalue weighted by Crippen LogP contribution is 2.11. The fourth-order valence-electron chi connectivity index (χ4n) is 2.66. The van der Waals surface area contributed by atoms with Crippen LogP contribution in [0, 0.1) is 11.8 Å². The van der Waals surface area contributed by atoms with Gasteiger partial charge >= 0.3 is 0 Å². The molecule has 0 aliphatic carbocycles. The second-order valence-corrected chi connectivity index (χ2v) is 6.95. The van der Waals surface area contributed by atoms with E-state index < -0.39 is 6.04 Å². The highest BCUT2D eigenvalue weighted by atomic mass is 16.2. The van der Waals surface area contributed by atoms with Crippen LogP contribution in [0.4, 0.5) is 0 Å². The average molecular weight is 326 g/mol. The number of carbonyl (C=O) groups excluding carboxylic acids is 3. The Morgan fingerprint density at radius 1 is 1.04 bits per heavy atom. The number of carbonyl (C=O) groups is 3. The first-order valence-corrected chi connectivity index (χ1v) is 8.29. The van der Waals surface area contributed by atoms with Crippen LogP contribution in [0.25, 0.3) is 0 Å². The van der Waals surface area contributed by atoms with Gasteiger partial charge in [0.15, 0.2) is 0 Å². The van der Waals surface area contributed by atoms with Crippen molar-refractivity contribution in [1.82, 2.24) is 15.1 Å². The predicted molar refractivity (Wildman–Crippen MR) is 88.4 cm³/mol. The molecule has 0 aromatic carbocycles. The lowest BCUT2D eigenvalue weighted by Gasteiger charge is -2.36. The third kappa shape index (κ3) is 6.56. The molecule has 7 nitrogen and oxygen atoms in total. The van der Waals surface area contributed by atoms with Crippen LogP contribution in [0.1, 0.15) is 34.1 Å². The molecule has 7 heteroatoms. The topological polar surface area (TPSA) is 95.7 Å². The molecule has 0 bridgehead atoms. The first kappa shape index (κ1) is 19.4. The molecular weight excluding hydrogens is 296 g/mol. The van der Waals surface area contributed by atoms with E-state index in [9.17, 15) is 14.4 Å². The van der Waals surface area contributed by atoms with Gasteiger partial charge in [-0.1, -0.05) is 27.7 Å². The van der Waals surface area contributed by atoms with E-state index >= 15 is 0 Å². The van der Waals surface area contributed by atoms with Crippen molar-refractivity contribution in [1.29, 1.82) is 0 Å². The Kier molecular flexibility index (Phi) is 7.48. The van der Waals surface area contributed by atoms with E-state index in [4.69, 9.17) is 5.73 Å². The molecule has 0 radical (unpaired) electrons. The third-order valence-electron chi connectivity index (χ3n) is 3.91. The Balaban J connectivity index is 2.58. The van der Waals surface area contributed by atoms with Crippen LogP contribution < -0.4 is 11.1 Å². The number of primary amides is 1.